The van der Waals surface area contributed by atoms with E-state index in [9.17, 15) is 0 Å². The van der Waals surface area contributed by atoms with Gasteiger partial charge in [-0.2, -0.15) is 0 Å². The molecule has 0 spiro atoms. The van der Waals surface area contributed by atoms with Crippen molar-refractivity contribution in [1.29, 1.82) is 0 Å². The largest absolute Gasteiger partial charge is 1.00 e. The molecule has 0 heterocycles. The second kappa shape index (κ2) is 16.0. The topological polar surface area (TPSA) is 12.0 Å². The predicted octanol–water partition coefficient (Wildman–Crippen LogP) is 0.853. The fourth-order valence-corrected chi connectivity index (χ4v) is 1.48. The monoisotopic (exact) mass is 193 g/mol. The summed E-state index contributed by atoms with van der Waals surface area (Å²) < 4.78 is 0. The van der Waals surface area contributed by atoms with Gasteiger partial charge in [0, 0.05) is 0 Å². The number of nitrogens with one attached hydrogen (secondary N) is 1. The van der Waals surface area contributed by atoms with E-state index in [0.29, 0.717) is 0 Å². The molecule has 0 aliphatic carbocycles. The summed E-state index contributed by atoms with van der Waals surface area (Å²) >= 11 is 0. The summed E-state index contributed by atoms with van der Waals surface area (Å²) in [6.07, 6.45) is 11.0. The fraction of sp³-hybridized carbons (Fsp3) is 1.00. The summed E-state index contributed by atoms with van der Waals surface area (Å²) in [7, 11) is 0. The Kier molecular flexibility index (Phi) is 19.4. The molecule has 2 heteroatoms. The fourth-order valence-electron chi connectivity index (χ4n) is 1.48. The molecule has 0 radical (unpaired) electrons. The first kappa shape index (κ1) is 17.0. The van der Waals surface area contributed by atoms with Crippen molar-refractivity contribution < 1.29 is 20.3 Å². The van der Waals surface area contributed by atoms with Gasteiger partial charge in [0.05, 0.1) is 0 Å². The van der Waals surface area contributed by atoms with Gasteiger partial charge in [-0.3, -0.25) is 0 Å². The molecule has 0 saturated carbocycles. The van der Waals surface area contributed by atoms with Crippen molar-refractivity contribution in [3.05, 3.63) is 0 Å². The van der Waals surface area contributed by atoms with Crippen LogP contribution >= 0.6 is 0 Å². The summed E-state index contributed by atoms with van der Waals surface area (Å²) in [6.45, 7) is 6.98. The van der Waals surface area contributed by atoms with Crippen molar-refractivity contribution in [3.63, 3.8) is 0 Å². The third kappa shape index (κ3) is 15.0. The Balaban J connectivity index is -0.000000720. The van der Waals surface area contributed by atoms with Crippen LogP contribution in [-0.4, -0.2) is 13.1 Å². The Bertz CT molecular complexity index is 81.7. The Labute approximate surface area is 104 Å². The molecule has 0 amide bonds. The van der Waals surface area contributed by atoms with E-state index in [1.54, 1.807) is 0 Å². The number of hydrogen-bond acceptors (Lipinski definition) is 1. The smallest absolute Gasteiger partial charge is 1.00 e. The predicted molar refractivity (Wildman–Crippen MR) is 62.3 cm³/mol. The number of rotatable bonds is 10. The van der Waals surface area contributed by atoms with Crippen LogP contribution in [0.5, 0.6) is 0 Å². The zero-order valence-electron chi connectivity index (χ0n) is 11.6. The van der Waals surface area contributed by atoms with E-state index in [1.807, 2.05) is 0 Å². The van der Waals surface area contributed by atoms with E-state index in [-0.39, 0.29) is 20.3 Å². The Morgan fingerprint density at radius 3 is 1.50 bits per heavy atom. The van der Waals surface area contributed by atoms with Crippen LogP contribution < -0.4 is 24.2 Å². The second-order valence-electron chi connectivity index (χ2n) is 3.87. The van der Waals surface area contributed by atoms with Gasteiger partial charge in [0.2, 0.25) is 0 Å². The number of hydrogen-bond donors (Lipinski definition) is 1. The Morgan fingerprint density at radius 2 is 1.14 bits per heavy atom. The minimum atomic E-state index is 0. The molecule has 0 atom stereocenters. The summed E-state index contributed by atoms with van der Waals surface area (Å²) in [6, 6.07) is 0. The first-order chi connectivity index (χ1) is 6.41. The standard InChI is InChI=1S/C12H27N.Li.H/c1-3-5-7-9-11-13-12-10-8-6-4-2;;/h13H,3-12H2,1-2H3;;/q;+1;-1. The maximum absolute atomic E-state index is 3.50. The molecular weight excluding hydrogens is 165 g/mol. The van der Waals surface area contributed by atoms with Crippen molar-refractivity contribution in [3.8, 4) is 0 Å². The molecule has 0 unspecified atom stereocenters. The van der Waals surface area contributed by atoms with Crippen LogP contribution in [0.4, 0.5) is 0 Å². The van der Waals surface area contributed by atoms with Crippen LogP contribution in [0.1, 0.15) is 66.6 Å². The zero-order chi connectivity index (χ0) is 9.78. The van der Waals surface area contributed by atoms with Crippen LogP contribution in [0.3, 0.4) is 0 Å². The van der Waals surface area contributed by atoms with Crippen LogP contribution in [0.2, 0.25) is 0 Å². The molecule has 0 rings (SSSR count). The Hall–Kier alpha value is 0.557. The van der Waals surface area contributed by atoms with E-state index in [4.69, 9.17) is 0 Å². The SMILES string of the molecule is CCCCCCNCCCCCC.[H-].[Li+]. The third-order valence-electron chi connectivity index (χ3n) is 2.41. The molecule has 0 aliphatic heterocycles. The van der Waals surface area contributed by atoms with E-state index >= 15 is 0 Å². The van der Waals surface area contributed by atoms with Gasteiger partial charge >= 0.3 is 18.9 Å². The van der Waals surface area contributed by atoms with Crippen LogP contribution in [0, 0.1) is 0 Å². The first-order valence-electron chi connectivity index (χ1n) is 6.12. The van der Waals surface area contributed by atoms with Crippen molar-refractivity contribution in [1.82, 2.24) is 5.32 Å². The van der Waals surface area contributed by atoms with Gasteiger partial charge in [0.25, 0.3) is 0 Å². The first-order valence-corrected chi connectivity index (χ1v) is 6.12. The van der Waals surface area contributed by atoms with Gasteiger partial charge in [0.15, 0.2) is 0 Å². The average molecular weight is 193 g/mol. The maximum Gasteiger partial charge on any atom is 1.00 e. The molecule has 0 aliphatic rings. The Morgan fingerprint density at radius 1 is 0.714 bits per heavy atom. The molecule has 0 aromatic heterocycles. The molecule has 1 N–H and O–H groups in total. The van der Waals surface area contributed by atoms with Gasteiger partial charge in [0.1, 0.15) is 0 Å². The number of unbranched alkanes of at least 4 members (excludes halogenated alkanes) is 6. The average Bonchev–Trinajstić information content (AvgIpc) is 2.16. The van der Waals surface area contributed by atoms with Crippen LogP contribution in [0.15, 0.2) is 0 Å². The molecule has 1 nitrogen and oxygen atoms in total. The molecular formula is C12H28LiN. The van der Waals surface area contributed by atoms with E-state index in [0.717, 1.165) is 0 Å². The minimum Gasteiger partial charge on any atom is -1.00 e. The second-order valence-corrected chi connectivity index (χ2v) is 3.87. The van der Waals surface area contributed by atoms with Gasteiger partial charge in [-0.25, -0.2) is 0 Å². The molecule has 82 valence electrons. The molecule has 0 aromatic carbocycles. The van der Waals surface area contributed by atoms with Crippen molar-refractivity contribution in [2.24, 2.45) is 0 Å². The third-order valence-corrected chi connectivity index (χ3v) is 2.41. The van der Waals surface area contributed by atoms with Gasteiger partial charge in [-0.15, -0.1) is 0 Å². The van der Waals surface area contributed by atoms with Crippen molar-refractivity contribution in [2.75, 3.05) is 13.1 Å². The van der Waals surface area contributed by atoms with Crippen LogP contribution in [0.25, 0.3) is 0 Å². The molecule has 0 aromatic rings. The quantitative estimate of drug-likeness (QED) is 0.401. The van der Waals surface area contributed by atoms with E-state index < -0.39 is 0 Å². The maximum atomic E-state index is 3.50. The summed E-state index contributed by atoms with van der Waals surface area (Å²) in [5.41, 5.74) is 0. The summed E-state index contributed by atoms with van der Waals surface area (Å²) in [5, 5.41) is 3.50. The van der Waals surface area contributed by atoms with Gasteiger partial charge < -0.3 is 6.74 Å². The van der Waals surface area contributed by atoms with E-state index in [2.05, 4.69) is 19.2 Å². The minimum absolute atomic E-state index is 0. The molecule has 0 fully saturated rings. The van der Waals surface area contributed by atoms with Gasteiger partial charge in [-0.05, 0) is 25.9 Å². The van der Waals surface area contributed by atoms with Gasteiger partial charge in [-0.1, -0.05) is 52.4 Å². The normalized spacial score (nSPS) is 9.86. The van der Waals surface area contributed by atoms with Crippen molar-refractivity contribution >= 4 is 0 Å². The molecule has 14 heavy (non-hydrogen) atoms. The van der Waals surface area contributed by atoms with Crippen molar-refractivity contribution in [2.45, 2.75) is 65.2 Å². The molecule has 0 bridgehead atoms. The van der Waals surface area contributed by atoms with E-state index in [1.165, 1.54) is 64.5 Å². The summed E-state index contributed by atoms with van der Waals surface area (Å²) in [4.78, 5) is 0. The summed E-state index contributed by atoms with van der Waals surface area (Å²) in [5.74, 6) is 0. The molecule has 0 saturated heterocycles. The zero-order valence-corrected chi connectivity index (χ0v) is 10.6. The van der Waals surface area contributed by atoms with Crippen LogP contribution in [-0.2, 0) is 0 Å².